The Balaban J connectivity index is 2.82. The van der Waals surface area contributed by atoms with Gasteiger partial charge in [0.25, 0.3) is 0 Å². The highest BCUT2D eigenvalue weighted by molar-refractivity contribution is 5.91. The van der Waals surface area contributed by atoms with E-state index in [9.17, 15) is 4.79 Å². The molecule has 0 radical (unpaired) electrons. The molecule has 60 valence electrons. The second kappa shape index (κ2) is 3.10. The average Bonchev–Trinajstić information content (AvgIpc) is 2.19. The Labute approximate surface area is 75.5 Å². The Morgan fingerprint density at radius 3 is 3.00 bits per heavy atom. The van der Waals surface area contributed by atoms with E-state index < -0.39 is 0 Å². The van der Waals surface area contributed by atoms with E-state index in [1.807, 2.05) is 24.3 Å². The Morgan fingerprint density at radius 2 is 2.15 bits per heavy atom. The van der Waals surface area contributed by atoms with Crippen molar-refractivity contribution in [3.63, 3.8) is 0 Å². The van der Waals surface area contributed by atoms with E-state index in [-0.39, 0.29) is 0 Å². The summed E-state index contributed by atoms with van der Waals surface area (Å²) in [6.07, 6.45) is 1.50. The van der Waals surface area contributed by atoms with E-state index in [4.69, 9.17) is 0 Å². The standard InChI is InChI=1S/C11H5NO/c13-8-12-11-7-3-5-9-4-1-2-6-10(9)11/h1-2,4-6H. The molecule has 0 aliphatic heterocycles. The van der Waals surface area contributed by atoms with Crippen LogP contribution in [0.2, 0.25) is 0 Å². The second-order valence-corrected chi connectivity index (χ2v) is 2.55. The van der Waals surface area contributed by atoms with Gasteiger partial charge in [-0.25, -0.2) is 4.79 Å². The Kier molecular flexibility index (Phi) is 1.80. The maximum atomic E-state index is 10.1. The van der Waals surface area contributed by atoms with Crippen LogP contribution >= 0.6 is 0 Å². The smallest absolute Gasteiger partial charge is 0.211 e. The monoisotopic (exact) mass is 167 g/mol. The zero-order chi connectivity index (χ0) is 9.10. The lowest BCUT2D eigenvalue weighted by molar-refractivity contribution is 0.565. The quantitative estimate of drug-likeness (QED) is 0.473. The van der Waals surface area contributed by atoms with Gasteiger partial charge in [0.05, 0.1) is 0 Å². The number of isocyanates is 1. The van der Waals surface area contributed by atoms with Gasteiger partial charge in [-0.2, -0.15) is 4.99 Å². The Morgan fingerprint density at radius 1 is 1.31 bits per heavy atom. The topological polar surface area (TPSA) is 29.4 Å². The summed E-state index contributed by atoms with van der Waals surface area (Å²) in [6, 6.07) is 15.0. The van der Waals surface area contributed by atoms with Gasteiger partial charge in [-0.3, -0.25) is 0 Å². The first kappa shape index (κ1) is 7.54. The molecule has 13 heavy (non-hydrogen) atoms. The fraction of sp³-hybridized carbons (Fsp3) is 0. The number of hydrogen-bond acceptors (Lipinski definition) is 2. The van der Waals surface area contributed by atoms with Crippen LogP contribution in [0.5, 0.6) is 0 Å². The van der Waals surface area contributed by atoms with Crippen molar-refractivity contribution >= 4 is 22.5 Å². The van der Waals surface area contributed by atoms with E-state index >= 15 is 0 Å². The summed E-state index contributed by atoms with van der Waals surface area (Å²) in [6.45, 7) is 0. The molecule has 2 heteroatoms. The van der Waals surface area contributed by atoms with Crippen LogP contribution in [-0.4, -0.2) is 6.08 Å². The van der Waals surface area contributed by atoms with E-state index in [1.54, 1.807) is 6.07 Å². The van der Waals surface area contributed by atoms with Gasteiger partial charge in [0.1, 0.15) is 5.69 Å². The molecule has 0 heterocycles. The van der Waals surface area contributed by atoms with Crippen LogP contribution in [0.15, 0.2) is 35.3 Å². The van der Waals surface area contributed by atoms with Gasteiger partial charge in [0, 0.05) is 5.39 Å². The van der Waals surface area contributed by atoms with Crippen LogP contribution in [0.1, 0.15) is 0 Å². The van der Waals surface area contributed by atoms with Crippen LogP contribution in [0.25, 0.3) is 10.8 Å². The van der Waals surface area contributed by atoms with E-state index in [1.165, 1.54) is 6.08 Å². The molecular formula is C11H5NO. The van der Waals surface area contributed by atoms with E-state index in [2.05, 4.69) is 17.1 Å². The van der Waals surface area contributed by atoms with Gasteiger partial charge in [0.2, 0.25) is 6.08 Å². The van der Waals surface area contributed by atoms with Gasteiger partial charge < -0.3 is 0 Å². The molecule has 2 aromatic rings. The maximum absolute atomic E-state index is 10.1. The summed E-state index contributed by atoms with van der Waals surface area (Å²) < 4.78 is 0. The van der Waals surface area contributed by atoms with Crippen LogP contribution in [-0.2, 0) is 4.79 Å². The van der Waals surface area contributed by atoms with E-state index in [0.29, 0.717) is 5.69 Å². The van der Waals surface area contributed by atoms with Crippen molar-refractivity contribution in [2.45, 2.75) is 0 Å². The van der Waals surface area contributed by atoms with Crippen molar-refractivity contribution in [2.24, 2.45) is 4.99 Å². The van der Waals surface area contributed by atoms with Gasteiger partial charge >= 0.3 is 0 Å². The zero-order valence-corrected chi connectivity index (χ0v) is 6.74. The van der Waals surface area contributed by atoms with Crippen LogP contribution in [0.4, 0.5) is 5.69 Å². The lowest BCUT2D eigenvalue weighted by Crippen LogP contribution is -1.70. The molecule has 0 amide bonds. The molecule has 0 bridgehead atoms. The molecule has 0 saturated heterocycles. The summed E-state index contributed by atoms with van der Waals surface area (Å²) in [4.78, 5) is 13.6. The highest BCUT2D eigenvalue weighted by Crippen LogP contribution is 2.21. The molecule has 0 N–H and O–H groups in total. The Bertz CT molecular complexity index is 479. The summed E-state index contributed by atoms with van der Waals surface area (Å²) in [5.41, 5.74) is 0.494. The number of hydrogen-bond donors (Lipinski definition) is 0. The third kappa shape index (κ3) is 1.29. The number of benzene rings is 1. The minimum Gasteiger partial charge on any atom is -0.211 e. The molecule has 0 aromatic heterocycles. The fourth-order valence-electron chi connectivity index (χ4n) is 1.22. The predicted octanol–water partition coefficient (Wildman–Crippen LogP) is 2.41. The molecule has 0 unspecified atom stereocenters. The molecule has 2 rings (SSSR count). The van der Waals surface area contributed by atoms with Crippen molar-refractivity contribution in [2.75, 3.05) is 0 Å². The number of rotatable bonds is 1. The lowest BCUT2D eigenvalue weighted by Gasteiger charge is -1.94. The molecule has 2 aromatic carbocycles. The molecule has 2 nitrogen and oxygen atoms in total. The third-order valence-electron chi connectivity index (χ3n) is 1.79. The van der Waals surface area contributed by atoms with Crippen molar-refractivity contribution in [3.8, 4) is 0 Å². The normalized spacial score (nSPS) is 8.92. The molecule has 0 aliphatic carbocycles. The SMILES string of the molecule is O=C=Nc1c#ccc2ccccc12. The van der Waals surface area contributed by atoms with Crippen molar-refractivity contribution < 1.29 is 4.79 Å². The molecular weight excluding hydrogens is 162 g/mol. The number of carbonyl (C=O) groups excluding carboxylic acids is 1. The van der Waals surface area contributed by atoms with Gasteiger partial charge in [-0.05, 0) is 17.5 Å². The summed E-state index contributed by atoms with van der Waals surface area (Å²) in [5.74, 6) is 0. The highest BCUT2D eigenvalue weighted by Gasteiger charge is 1.95. The van der Waals surface area contributed by atoms with Gasteiger partial charge in [0.15, 0.2) is 0 Å². The third-order valence-corrected chi connectivity index (χ3v) is 1.79. The lowest BCUT2D eigenvalue weighted by atomic mass is 10.1. The predicted molar refractivity (Wildman–Crippen MR) is 49.4 cm³/mol. The first-order valence-corrected chi connectivity index (χ1v) is 3.81. The fourth-order valence-corrected chi connectivity index (χ4v) is 1.22. The van der Waals surface area contributed by atoms with Crippen LogP contribution in [0.3, 0.4) is 0 Å². The van der Waals surface area contributed by atoms with Crippen LogP contribution < -0.4 is 0 Å². The minimum atomic E-state index is 0.494. The first-order chi connectivity index (χ1) is 6.42. The highest BCUT2D eigenvalue weighted by atomic mass is 16.1. The van der Waals surface area contributed by atoms with E-state index in [0.717, 1.165) is 10.8 Å². The maximum Gasteiger partial charge on any atom is 0.241 e. The van der Waals surface area contributed by atoms with Gasteiger partial charge in [-0.1, -0.05) is 30.3 Å². The largest absolute Gasteiger partial charge is 0.241 e. The van der Waals surface area contributed by atoms with Crippen molar-refractivity contribution in [3.05, 3.63) is 42.5 Å². The zero-order valence-electron chi connectivity index (χ0n) is 6.74. The van der Waals surface area contributed by atoms with Crippen LogP contribution in [0, 0.1) is 12.1 Å². The van der Waals surface area contributed by atoms with Gasteiger partial charge in [-0.15, -0.1) is 0 Å². The molecule has 0 fully saturated rings. The molecule has 0 atom stereocenters. The second-order valence-electron chi connectivity index (χ2n) is 2.55. The number of aliphatic imine (C=N–C) groups is 1. The molecule has 0 aliphatic rings. The van der Waals surface area contributed by atoms with Crippen molar-refractivity contribution in [1.29, 1.82) is 0 Å². The Hall–Kier alpha value is -2.10. The molecule has 0 saturated carbocycles. The first-order valence-electron chi connectivity index (χ1n) is 3.81. The minimum absolute atomic E-state index is 0.494. The van der Waals surface area contributed by atoms with Crippen molar-refractivity contribution in [1.82, 2.24) is 0 Å². The number of fused-ring (bicyclic) bond motifs is 1. The number of nitrogens with zero attached hydrogens (tertiary/aromatic N) is 1. The average molecular weight is 167 g/mol. The summed E-state index contributed by atoms with van der Waals surface area (Å²) in [5, 5.41) is 1.89. The summed E-state index contributed by atoms with van der Waals surface area (Å²) in [7, 11) is 0. The summed E-state index contributed by atoms with van der Waals surface area (Å²) >= 11 is 0. The molecule has 0 spiro atoms.